The highest BCUT2D eigenvalue weighted by molar-refractivity contribution is 5.92. The lowest BCUT2D eigenvalue weighted by atomic mass is 10.1. The lowest BCUT2D eigenvalue weighted by Crippen LogP contribution is -2.33. The molecule has 1 amide bonds. The first-order valence-electron chi connectivity index (χ1n) is 5.99. The number of nitrogens with zero attached hydrogens (tertiary/aromatic N) is 2. The van der Waals surface area contributed by atoms with E-state index < -0.39 is 0 Å². The van der Waals surface area contributed by atoms with Gasteiger partial charge in [0.1, 0.15) is 11.5 Å². The molecule has 1 aromatic heterocycles. The van der Waals surface area contributed by atoms with Gasteiger partial charge in [-0.05, 0) is 19.3 Å². The third kappa shape index (κ3) is 3.41. The van der Waals surface area contributed by atoms with E-state index in [1.165, 1.54) is 19.0 Å². The number of anilines is 1. The van der Waals surface area contributed by atoms with Crippen molar-refractivity contribution in [3.05, 3.63) is 18.1 Å². The van der Waals surface area contributed by atoms with Crippen molar-refractivity contribution in [3.8, 4) is 0 Å². The number of rotatable bonds is 5. The van der Waals surface area contributed by atoms with Gasteiger partial charge in [-0.25, -0.2) is 4.98 Å². The molecule has 1 atom stereocenters. The highest BCUT2D eigenvalue weighted by atomic mass is 16.1. The molecule has 0 bridgehead atoms. The van der Waals surface area contributed by atoms with Gasteiger partial charge in [0.15, 0.2) is 0 Å². The molecule has 2 N–H and O–H groups in total. The van der Waals surface area contributed by atoms with Gasteiger partial charge in [-0.1, -0.05) is 12.8 Å². The molecule has 0 aromatic carbocycles. The van der Waals surface area contributed by atoms with Crippen LogP contribution in [0.25, 0.3) is 0 Å². The summed E-state index contributed by atoms with van der Waals surface area (Å²) < 4.78 is 0. The fourth-order valence-corrected chi connectivity index (χ4v) is 1.81. The molecule has 0 radical (unpaired) electrons. The Balaban J connectivity index is 1.92. The van der Waals surface area contributed by atoms with Crippen molar-refractivity contribution >= 4 is 11.7 Å². The average Bonchev–Trinajstić information content (AvgIpc) is 3.12. The van der Waals surface area contributed by atoms with E-state index in [0.717, 1.165) is 12.3 Å². The molecule has 5 nitrogen and oxygen atoms in total. The summed E-state index contributed by atoms with van der Waals surface area (Å²) in [7, 11) is 1.75. The smallest absolute Gasteiger partial charge is 0.271 e. The highest BCUT2D eigenvalue weighted by Crippen LogP contribution is 2.33. The van der Waals surface area contributed by atoms with Crippen LogP contribution in [0.3, 0.4) is 0 Å². The molecular formula is C12H18N4O. The lowest BCUT2D eigenvalue weighted by molar-refractivity contribution is 0.0932. The van der Waals surface area contributed by atoms with Crippen molar-refractivity contribution < 1.29 is 4.79 Å². The second kappa shape index (κ2) is 5.12. The Labute approximate surface area is 101 Å². The summed E-state index contributed by atoms with van der Waals surface area (Å²) in [6.45, 7) is 2.03. The SMILES string of the molecule is CNc1cncc(C(=O)NC(C)CC2CC2)n1. The summed E-state index contributed by atoms with van der Waals surface area (Å²) >= 11 is 0. The molecule has 1 heterocycles. The largest absolute Gasteiger partial charge is 0.372 e. The average molecular weight is 234 g/mol. The van der Waals surface area contributed by atoms with Gasteiger partial charge in [0.05, 0.1) is 12.4 Å². The molecule has 17 heavy (non-hydrogen) atoms. The van der Waals surface area contributed by atoms with E-state index in [-0.39, 0.29) is 11.9 Å². The maximum absolute atomic E-state index is 11.9. The Morgan fingerprint density at radius 1 is 1.53 bits per heavy atom. The fourth-order valence-electron chi connectivity index (χ4n) is 1.81. The Hall–Kier alpha value is -1.65. The van der Waals surface area contributed by atoms with E-state index in [1.54, 1.807) is 13.2 Å². The Morgan fingerprint density at radius 3 is 2.94 bits per heavy atom. The van der Waals surface area contributed by atoms with Crippen molar-refractivity contribution in [3.63, 3.8) is 0 Å². The minimum absolute atomic E-state index is 0.150. The number of amides is 1. The molecule has 5 heteroatoms. The summed E-state index contributed by atoms with van der Waals surface area (Å²) in [6.07, 6.45) is 6.74. The third-order valence-electron chi connectivity index (χ3n) is 2.88. The lowest BCUT2D eigenvalue weighted by Gasteiger charge is -2.12. The van der Waals surface area contributed by atoms with Crippen LogP contribution in [-0.2, 0) is 0 Å². The molecule has 1 aliphatic rings. The van der Waals surface area contributed by atoms with Crippen LogP contribution in [0.15, 0.2) is 12.4 Å². The van der Waals surface area contributed by atoms with Gasteiger partial charge < -0.3 is 10.6 Å². The number of hydrogen-bond donors (Lipinski definition) is 2. The number of nitrogens with one attached hydrogen (secondary N) is 2. The first-order valence-corrected chi connectivity index (χ1v) is 5.99. The first kappa shape index (κ1) is 11.8. The van der Waals surface area contributed by atoms with Crippen LogP contribution in [0.5, 0.6) is 0 Å². The second-order valence-corrected chi connectivity index (χ2v) is 4.59. The van der Waals surface area contributed by atoms with Crippen molar-refractivity contribution in [1.82, 2.24) is 15.3 Å². The van der Waals surface area contributed by atoms with Gasteiger partial charge in [0.25, 0.3) is 5.91 Å². The zero-order valence-electron chi connectivity index (χ0n) is 10.2. The zero-order chi connectivity index (χ0) is 12.3. The van der Waals surface area contributed by atoms with Crippen molar-refractivity contribution in [1.29, 1.82) is 0 Å². The Kier molecular flexibility index (Phi) is 3.56. The van der Waals surface area contributed by atoms with Gasteiger partial charge in [-0.2, -0.15) is 0 Å². The van der Waals surface area contributed by atoms with Gasteiger partial charge in [-0.15, -0.1) is 0 Å². The Bertz CT molecular complexity index is 403. The molecule has 0 aliphatic heterocycles. The molecule has 1 unspecified atom stereocenters. The van der Waals surface area contributed by atoms with E-state index in [0.29, 0.717) is 11.5 Å². The van der Waals surface area contributed by atoms with Crippen LogP contribution >= 0.6 is 0 Å². The van der Waals surface area contributed by atoms with Crippen molar-refractivity contribution in [2.75, 3.05) is 12.4 Å². The molecular weight excluding hydrogens is 216 g/mol. The summed E-state index contributed by atoms with van der Waals surface area (Å²) in [6, 6.07) is 0.204. The maximum atomic E-state index is 11.9. The first-order chi connectivity index (χ1) is 8.19. The predicted molar refractivity (Wildman–Crippen MR) is 65.8 cm³/mol. The van der Waals surface area contributed by atoms with Crippen LogP contribution in [0.1, 0.15) is 36.7 Å². The minimum atomic E-state index is -0.150. The van der Waals surface area contributed by atoms with Gasteiger partial charge in [-0.3, -0.25) is 9.78 Å². The van der Waals surface area contributed by atoms with E-state index in [2.05, 4.69) is 20.6 Å². The van der Waals surface area contributed by atoms with E-state index in [4.69, 9.17) is 0 Å². The van der Waals surface area contributed by atoms with Crippen molar-refractivity contribution in [2.24, 2.45) is 5.92 Å². The van der Waals surface area contributed by atoms with E-state index >= 15 is 0 Å². The van der Waals surface area contributed by atoms with Gasteiger partial charge in [0, 0.05) is 13.1 Å². The second-order valence-electron chi connectivity index (χ2n) is 4.59. The molecule has 0 spiro atoms. The van der Waals surface area contributed by atoms with Gasteiger partial charge in [0.2, 0.25) is 0 Å². The monoisotopic (exact) mass is 234 g/mol. The fraction of sp³-hybridized carbons (Fsp3) is 0.583. The van der Waals surface area contributed by atoms with Crippen molar-refractivity contribution in [2.45, 2.75) is 32.2 Å². The van der Waals surface area contributed by atoms with E-state index in [1.807, 2.05) is 6.92 Å². The summed E-state index contributed by atoms with van der Waals surface area (Å²) in [5.74, 6) is 1.26. The topological polar surface area (TPSA) is 66.9 Å². The van der Waals surface area contributed by atoms with E-state index in [9.17, 15) is 4.79 Å². The maximum Gasteiger partial charge on any atom is 0.271 e. The predicted octanol–water partition coefficient (Wildman–Crippen LogP) is 1.44. The summed E-state index contributed by atoms with van der Waals surface area (Å²) in [5.41, 5.74) is 0.361. The normalized spacial score (nSPS) is 16.4. The minimum Gasteiger partial charge on any atom is -0.372 e. The molecule has 1 saturated carbocycles. The van der Waals surface area contributed by atoms with Crippen LogP contribution in [0.4, 0.5) is 5.82 Å². The van der Waals surface area contributed by atoms with Crippen LogP contribution in [0, 0.1) is 5.92 Å². The van der Waals surface area contributed by atoms with Crippen LogP contribution in [0.2, 0.25) is 0 Å². The quantitative estimate of drug-likeness (QED) is 0.809. The third-order valence-corrected chi connectivity index (χ3v) is 2.88. The molecule has 0 saturated heterocycles. The number of hydrogen-bond acceptors (Lipinski definition) is 4. The summed E-state index contributed by atoms with van der Waals surface area (Å²) in [5, 5.41) is 5.81. The number of aromatic nitrogens is 2. The number of carbonyl (C=O) groups excluding carboxylic acids is 1. The highest BCUT2D eigenvalue weighted by Gasteiger charge is 2.24. The molecule has 2 rings (SSSR count). The standard InChI is InChI=1S/C12H18N4O/c1-8(5-9-3-4-9)15-12(17)10-6-14-7-11(13-2)16-10/h6-9H,3-5H2,1-2H3,(H,13,16)(H,15,17). The van der Waals surface area contributed by atoms with Gasteiger partial charge >= 0.3 is 0 Å². The number of carbonyl (C=O) groups is 1. The molecule has 92 valence electrons. The Morgan fingerprint density at radius 2 is 2.29 bits per heavy atom. The molecule has 1 fully saturated rings. The van der Waals surface area contributed by atoms with Crippen LogP contribution < -0.4 is 10.6 Å². The summed E-state index contributed by atoms with van der Waals surface area (Å²) in [4.78, 5) is 20.0. The van der Waals surface area contributed by atoms with Crippen LogP contribution in [-0.4, -0.2) is 29.0 Å². The molecule has 1 aromatic rings. The molecule has 1 aliphatic carbocycles. The zero-order valence-corrected chi connectivity index (χ0v) is 10.2.